The Hall–Kier alpha value is -1.65. The lowest BCUT2D eigenvalue weighted by Crippen LogP contribution is -2.31. The van der Waals surface area contributed by atoms with E-state index in [-0.39, 0.29) is 12.1 Å². The summed E-state index contributed by atoms with van der Waals surface area (Å²) in [6, 6.07) is 5.38. The Labute approximate surface area is 104 Å². The van der Waals surface area contributed by atoms with Crippen molar-refractivity contribution in [1.29, 1.82) is 0 Å². The van der Waals surface area contributed by atoms with E-state index in [4.69, 9.17) is 0 Å². The SMILES string of the molecule is CC(CC1NC=CN1)c1ccc(C(F)(F)F)cc1. The molecule has 0 radical (unpaired) electrons. The summed E-state index contributed by atoms with van der Waals surface area (Å²) in [5.74, 6) is 0.192. The third kappa shape index (κ3) is 2.97. The van der Waals surface area contributed by atoms with Crippen LogP contribution in [0.4, 0.5) is 13.2 Å². The Morgan fingerprint density at radius 3 is 2.17 bits per heavy atom. The van der Waals surface area contributed by atoms with Crippen LogP contribution >= 0.6 is 0 Å². The molecule has 1 aromatic rings. The van der Waals surface area contributed by atoms with E-state index >= 15 is 0 Å². The molecule has 0 aliphatic carbocycles. The van der Waals surface area contributed by atoms with E-state index in [0.29, 0.717) is 0 Å². The largest absolute Gasteiger partial charge is 0.416 e. The maximum atomic E-state index is 12.4. The second-order valence-electron chi connectivity index (χ2n) is 4.48. The zero-order valence-corrected chi connectivity index (χ0v) is 9.96. The highest BCUT2D eigenvalue weighted by molar-refractivity contribution is 5.27. The number of benzene rings is 1. The molecule has 0 spiro atoms. The molecule has 0 aromatic heterocycles. The van der Waals surface area contributed by atoms with Gasteiger partial charge in [-0.05, 0) is 30.0 Å². The van der Waals surface area contributed by atoms with Crippen LogP contribution in [0.2, 0.25) is 0 Å². The van der Waals surface area contributed by atoms with Gasteiger partial charge in [-0.25, -0.2) is 0 Å². The third-order valence-electron chi connectivity index (χ3n) is 3.07. The van der Waals surface area contributed by atoms with Crippen molar-refractivity contribution in [3.05, 3.63) is 47.8 Å². The molecule has 98 valence electrons. The van der Waals surface area contributed by atoms with Crippen molar-refractivity contribution in [3.63, 3.8) is 0 Å². The standard InChI is InChI=1S/C13H15F3N2/c1-9(8-12-17-6-7-18-12)10-2-4-11(5-3-10)13(14,15)16/h2-7,9,12,17-18H,8H2,1H3. The third-order valence-corrected chi connectivity index (χ3v) is 3.07. The van der Waals surface area contributed by atoms with E-state index in [1.165, 1.54) is 0 Å². The molecule has 1 atom stereocenters. The highest BCUT2D eigenvalue weighted by Crippen LogP contribution is 2.30. The van der Waals surface area contributed by atoms with Crippen LogP contribution in [0.15, 0.2) is 36.7 Å². The van der Waals surface area contributed by atoms with E-state index in [1.54, 1.807) is 12.1 Å². The van der Waals surface area contributed by atoms with E-state index in [9.17, 15) is 13.2 Å². The second-order valence-corrected chi connectivity index (χ2v) is 4.48. The lowest BCUT2D eigenvalue weighted by Gasteiger charge is -2.18. The minimum absolute atomic E-state index is 0.155. The lowest BCUT2D eigenvalue weighted by molar-refractivity contribution is -0.137. The Morgan fingerprint density at radius 1 is 1.11 bits per heavy atom. The fraction of sp³-hybridized carbons (Fsp3) is 0.385. The number of rotatable bonds is 3. The van der Waals surface area contributed by atoms with Gasteiger partial charge in [-0.2, -0.15) is 13.2 Å². The molecule has 0 saturated carbocycles. The van der Waals surface area contributed by atoms with E-state index in [2.05, 4.69) is 10.6 Å². The zero-order chi connectivity index (χ0) is 13.2. The lowest BCUT2D eigenvalue weighted by atomic mass is 9.95. The first-order valence-electron chi connectivity index (χ1n) is 5.81. The van der Waals surface area contributed by atoms with Gasteiger partial charge >= 0.3 is 6.18 Å². The van der Waals surface area contributed by atoms with Gasteiger partial charge < -0.3 is 10.6 Å². The summed E-state index contributed by atoms with van der Waals surface area (Å²) in [6.45, 7) is 2.00. The molecule has 0 fully saturated rings. The first kappa shape index (κ1) is 12.8. The maximum absolute atomic E-state index is 12.4. The van der Waals surface area contributed by atoms with Crippen molar-refractivity contribution in [2.24, 2.45) is 0 Å². The average Bonchev–Trinajstić information content (AvgIpc) is 2.81. The molecule has 2 nitrogen and oxygen atoms in total. The first-order chi connectivity index (χ1) is 8.47. The quantitative estimate of drug-likeness (QED) is 0.867. The topological polar surface area (TPSA) is 24.1 Å². The summed E-state index contributed by atoms with van der Waals surface area (Å²) in [6.07, 6.45) is 0.356. The van der Waals surface area contributed by atoms with Crippen LogP contribution in [0.5, 0.6) is 0 Å². The fourth-order valence-electron chi connectivity index (χ4n) is 2.00. The molecule has 2 rings (SSSR count). The van der Waals surface area contributed by atoms with Gasteiger partial charge in [-0.3, -0.25) is 0 Å². The molecule has 2 N–H and O–H groups in total. The number of halogens is 3. The van der Waals surface area contributed by atoms with Crippen LogP contribution in [-0.4, -0.2) is 6.17 Å². The highest BCUT2D eigenvalue weighted by atomic mass is 19.4. The van der Waals surface area contributed by atoms with E-state index in [1.807, 2.05) is 19.3 Å². The monoisotopic (exact) mass is 256 g/mol. The van der Waals surface area contributed by atoms with Crippen LogP contribution < -0.4 is 10.6 Å². The van der Waals surface area contributed by atoms with Gasteiger partial charge in [0, 0.05) is 12.4 Å². The van der Waals surface area contributed by atoms with E-state index < -0.39 is 11.7 Å². The molecule has 0 amide bonds. The first-order valence-corrected chi connectivity index (χ1v) is 5.81. The molecule has 1 aliphatic heterocycles. The van der Waals surface area contributed by atoms with Crippen LogP contribution in [0.25, 0.3) is 0 Å². The predicted octanol–water partition coefficient (Wildman–Crippen LogP) is 3.19. The van der Waals surface area contributed by atoms with Crippen molar-refractivity contribution in [1.82, 2.24) is 10.6 Å². The number of nitrogens with one attached hydrogen (secondary N) is 2. The second kappa shape index (κ2) is 4.92. The number of hydrogen-bond donors (Lipinski definition) is 2. The minimum atomic E-state index is -4.26. The molecule has 1 aliphatic rings. The Balaban J connectivity index is 2.00. The summed E-state index contributed by atoms with van der Waals surface area (Å²) in [5.41, 5.74) is 0.315. The molecular formula is C13H15F3N2. The van der Waals surface area contributed by atoms with E-state index in [0.717, 1.165) is 24.1 Å². The molecule has 0 saturated heterocycles. The minimum Gasteiger partial charge on any atom is -0.370 e. The normalized spacial score (nSPS) is 17.3. The fourth-order valence-corrected chi connectivity index (χ4v) is 2.00. The summed E-state index contributed by atoms with van der Waals surface area (Å²) < 4.78 is 37.3. The highest BCUT2D eigenvalue weighted by Gasteiger charge is 2.30. The Bertz CT molecular complexity index is 415. The summed E-state index contributed by atoms with van der Waals surface area (Å²) in [4.78, 5) is 0. The molecule has 0 bridgehead atoms. The van der Waals surface area contributed by atoms with Crippen molar-refractivity contribution in [3.8, 4) is 0 Å². The van der Waals surface area contributed by atoms with Gasteiger partial charge in [-0.1, -0.05) is 19.1 Å². The zero-order valence-electron chi connectivity index (χ0n) is 9.96. The molecule has 18 heavy (non-hydrogen) atoms. The Morgan fingerprint density at radius 2 is 1.67 bits per heavy atom. The molecular weight excluding hydrogens is 241 g/mol. The van der Waals surface area contributed by atoms with Gasteiger partial charge in [0.25, 0.3) is 0 Å². The predicted molar refractivity (Wildman–Crippen MR) is 63.7 cm³/mol. The summed E-state index contributed by atoms with van der Waals surface area (Å²) in [7, 11) is 0. The van der Waals surface area contributed by atoms with Crippen molar-refractivity contribution >= 4 is 0 Å². The Kier molecular flexibility index (Phi) is 3.50. The molecule has 5 heteroatoms. The van der Waals surface area contributed by atoms with Gasteiger partial charge in [-0.15, -0.1) is 0 Å². The molecule has 1 heterocycles. The van der Waals surface area contributed by atoms with Crippen LogP contribution in [0.1, 0.15) is 30.4 Å². The maximum Gasteiger partial charge on any atom is 0.416 e. The van der Waals surface area contributed by atoms with Crippen LogP contribution in [-0.2, 0) is 6.18 Å². The van der Waals surface area contributed by atoms with Crippen molar-refractivity contribution in [2.45, 2.75) is 31.6 Å². The van der Waals surface area contributed by atoms with Gasteiger partial charge in [0.1, 0.15) is 0 Å². The smallest absolute Gasteiger partial charge is 0.370 e. The van der Waals surface area contributed by atoms with Crippen LogP contribution in [0, 0.1) is 0 Å². The molecule has 1 aromatic carbocycles. The van der Waals surface area contributed by atoms with Gasteiger partial charge in [0.15, 0.2) is 0 Å². The molecule has 1 unspecified atom stereocenters. The van der Waals surface area contributed by atoms with Gasteiger partial charge in [0.2, 0.25) is 0 Å². The number of alkyl halides is 3. The average molecular weight is 256 g/mol. The summed E-state index contributed by atoms with van der Waals surface area (Å²) in [5, 5.41) is 6.24. The summed E-state index contributed by atoms with van der Waals surface area (Å²) >= 11 is 0. The van der Waals surface area contributed by atoms with Crippen molar-refractivity contribution in [2.75, 3.05) is 0 Å². The van der Waals surface area contributed by atoms with Crippen LogP contribution in [0.3, 0.4) is 0 Å². The van der Waals surface area contributed by atoms with Crippen molar-refractivity contribution < 1.29 is 13.2 Å². The number of hydrogen-bond acceptors (Lipinski definition) is 2. The van der Waals surface area contributed by atoms with Gasteiger partial charge in [0.05, 0.1) is 11.7 Å².